The number of benzene rings is 2. The largest absolute Gasteiger partial charge is 0.316 e. The van der Waals surface area contributed by atoms with Gasteiger partial charge in [-0.3, -0.25) is 9.69 Å². The lowest BCUT2D eigenvalue weighted by Gasteiger charge is -2.38. The summed E-state index contributed by atoms with van der Waals surface area (Å²) in [6, 6.07) is 17.8. The Balaban J connectivity index is 2.00. The molecule has 1 aliphatic heterocycles. The maximum atomic E-state index is 13.7. The summed E-state index contributed by atoms with van der Waals surface area (Å²) < 4.78 is 15.8. The molecule has 0 fully saturated rings. The lowest BCUT2D eigenvalue weighted by Crippen LogP contribution is -2.38. The monoisotopic (exact) mass is 306 g/mol. The summed E-state index contributed by atoms with van der Waals surface area (Å²) in [6.07, 6.45) is 1.97. The molecule has 0 spiro atoms. The van der Waals surface area contributed by atoms with E-state index in [1.807, 2.05) is 48.7 Å². The lowest BCUT2D eigenvalue weighted by molar-refractivity contribution is -0.117. The topological polar surface area (TPSA) is 25.2 Å². The van der Waals surface area contributed by atoms with E-state index in [0.717, 1.165) is 22.6 Å². The van der Waals surface area contributed by atoms with E-state index in [1.165, 1.54) is 12.1 Å². The Bertz CT molecular complexity index is 900. The standard InChI is InChI=1S/C19H15FN2O/c1-13(23)22-17-9-3-2-8-16(17)21-11-5-10-18(21)19(22)14-6-4-7-15(20)12-14/h2-12,19H,1H3. The first kappa shape index (κ1) is 13.8. The van der Waals surface area contributed by atoms with Gasteiger partial charge in [-0.1, -0.05) is 24.3 Å². The van der Waals surface area contributed by atoms with Gasteiger partial charge in [0.2, 0.25) is 5.91 Å². The molecule has 1 atom stereocenters. The van der Waals surface area contributed by atoms with Gasteiger partial charge in [0, 0.05) is 13.1 Å². The van der Waals surface area contributed by atoms with E-state index in [1.54, 1.807) is 17.9 Å². The molecule has 4 heteroatoms. The Labute approximate surface area is 133 Å². The van der Waals surface area contributed by atoms with Crippen molar-refractivity contribution in [2.24, 2.45) is 0 Å². The number of amides is 1. The summed E-state index contributed by atoms with van der Waals surface area (Å²) in [5.41, 5.74) is 3.49. The van der Waals surface area contributed by atoms with Gasteiger partial charge in [0.1, 0.15) is 11.9 Å². The maximum absolute atomic E-state index is 13.7. The third-order valence-corrected chi connectivity index (χ3v) is 4.22. The number of para-hydroxylation sites is 2. The van der Waals surface area contributed by atoms with Gasteiger partial charge in [0.15, 0.2) is 0 Å². The van der Waals surface area contributed by atoms with Gasteiger partial charge in [-0.2, -0.15) is 0 Å². The van der Waals surface area contributed by atoms with Crippen molar-refractivity contribution in [3.05, 3.63) is 83.9 Å². The van der Waals surface area contributed by atoms with Crippen LogP contribution in [0.3, 0.4) is 0 Å². The van der Waals surface area contributed by atoms with E-state index in [4.69, 9.17) is 0 Å². The normalized spacial score (nSPS) is 15.9. The zero-order chi connectivity index (χ0) is 16.0. The van der Waals surface area contributed by atoms with E-state index in [0.29, 0.717) is 0 Å². The van der Waals surface area contributed by atoms with Crippen molar-refractivity contribution in [3.63, 3.8) is 0 Å². The van der Waals surface area contributed by atoms with Gasteiger partial charge in [0.25, 0.3) is 0 Å². The summed E-state index contributed by atoms with van der Waals surface area (Å²) in [7, 11) is 0. The first-order chi connectivity index (χ1) is 11.2. The van der Waals surface area contributed by atoms with Crippen LogP contribution in [0.2, 0.25) is 0 Å². The number of fused-ring (bicyclic) bond motifs is 3. The number of rotatable bonds is 1. The minimum atomic E-state index is -0.340. The molecule has 3 aromatic rings. The number of halogens is 1. The third kappa shape index (κ3) is 2.06. The highest BCUT2D eigenvalue weighted by Gasteiger charge is 2.34. The SMILES string of the molecule is CC(=O)N1c2ccccc2-n2cccc2C1c1cccc(F)c1. The molecular formula is C19H15FN2O. The first-order valence-electron chi connectivity index (χ1n) is 7.49. The van der Waals surface area contributed by atoms with Crippen LogP contribution in [0.25, 0.3) is 5.69 Å². The zero-order valence-corrected chi connectivity index (χ0v) is 12.6. The number of hydrogen-bond donors (Lipinski definition) is 0. The fourth-order valence-corrected chi connectivity index (χ4v) is 3.33. The van der Waals surface area contributed by atoms with Crippen molar-refractivity contribution in [1.82, 2.24) is 4.57 Å². The Morgan fingerprint density at radius 2 is 1.78 bits per heavy atom. The smallest absolute Gasteiger partial charge is 0.224 e. The number of hydrogen-bond acceptors (Lipinski definition) is 1. The Morgan fingerprint density at radius 3 is 2.52 bits per heavy atom. The van der Waals surface area contributed by atoms with Crippen LogP contribution in [-0.2, 0) is 4.79 Å². The Kier molecular flexibility index (Phi) is 3.05. The van der Waals surface area contributed by atoms with Crippen molar-refractivity contribution in [2.75, 3.05) is 4.90 Å². The summed E-state index contributed by atoms with van der Waals surface area (Å²) in [6.45, 7) is 1.54. The highest BCUT2D eigenvalue weighted by Crippen LogP contribution is 2.42. The van der Waals surface area contributed by atoms with E-state index in [2.05, 4.69) is 4.57 Å². The summed E-state index contributed by atoms with van der Waals surface area (Å²) in [5, 5.41) is 0. The van der Waals surface area contributed by atoms with Crippen LogP contribution < -0.4 is 4.90 Å². The fourth-order valence-electron chi connectivity index (χ4n) is 3.33. The minimum Gasteiger partial charge on any atom is -0.316 e. The molecule has 3 nitrogen and oxygen atoms in total. The fraction of sp³-hybridized carbons (Fsp3) is 0.105. The number of aromatic nitrogens is 1. The number of carbonyl (C=O) groups is 1. The van der Waals surface area contributed by atoms with E-state index >= 15 is 0 Å². The predicted molar refractivity (Wildman–Crippen MR) is 87.2 cm³/mol. The van der Waals surface area contributed by atoms with Crippen LogP contribution in [-0.4, -0.2) is 10.5 Å². The van der Waals surface area contributed by atoms with Gasteiger partial charge in [-0.05, 0) is 42.0 Å². The molecular weight excluding hydrogens is 291 g/mol. The summed E-state index contributed by atoms with van der Waals surface area (Å²) in [5.74, 6) is -0.373. The van der Waals surface area contributed by atoms with Crippen LogP contribution in [0.4, 0.5) is 10.1 Å². The van der Waals surface area contributed by atoms with Crippen LogP contribution >= 0.6 is 0 Å². The molecule has 114 valence electrons. The second-order valence-electron chi connectivity index (χ2n) is 5.64. The molecule has 0 saturated carbocycles. The first-order valence-corrected chi connectivity index (χ1v) is 7.49. The Morgan fingerprint density at radius 1 is 1.00 bits per heavy atom. The molecule has 1 unspecified atom stereocenters. The van der Waals surface area contributed by atoms with Crippen molar-refractivity contribution in [3.8, 4) is 5.69 Å². The lowest BCUT2D eigenvalue weighted by atomic mass is 9.98. The second kappa shape index (κ2) is 5.09. The molecule has 2 aromatic carbocycles. The molecule has 0 bridgehead atoms. The summed E-state index contributed by atoms with van der Waals surface area (Å²) >= 11 is 0. The van der Waals surface area contributed by atoms with Crippen LogP contribution in [0.1, 0.15) is 24.2 Å². The molecule has 0 aliphatic carbocycles. The van der Waals surface area contributed by atoms with Crippen LogP contribution in [0.5, 0.6) is 0 Å². The number of nitrogens with zero attached hydrogens (tertiary/aromatic N) is 2. The molecule has 1 amide bonds. The third-order valence-electron chi connectivity index (χ3n) is 4.22. The number of anilines is 1. The molecule has 0 saturated heterocycles. The van der Waals surface area contributed by atoms with E-state index < -0.39 is 0 Å². The molecule has 1 aliphatic rings. The Hall–Kier alpha value is -2.88. The highest BCUT2D eigenvalue weighted by molar-refractivity contribution is 5.96. The average Bonchev–Trinajstić information content (AvgIpc) is 3.02. The zero-order valence-electron chi connectivity index (χ0n) is 12.6. The quantitative estimate of drug-likeness (QED) is 0.665. The van der Waals surface area contributed by atoms with Gasteiger partial charge >= 0.3 is 0 Å². The predicted octanol–water partition coefficient (Wildman–Crippen LogP) is 4.07. The summed E-state index contributed by atoms with van der Waals surface area (Å²) in [4.78, 5) is 14.1. The molecule has 0 radical (unpaired) electrons. The van der Waals surface area contributed by atoms with Gasteiger partial charge in [-0.15, -0.1) is 0 Å². The van der Waals surface area contributed by atoms with Crippen LogP contribution in [0.15, 0.2) is 66.9 Å². The number of carbonyl (C=O) groups excluding carboxylic acids is 1. The van der Waals surface area contributed by atoms with Crippen molar-refractivity contribution >= 4 is 11.6 Å². The maximum Gasteiger partial charge on any atom is 0.224 e. The molecule has 1 aromatic heterocycles. The van der Waals surface area contributed by atoms with E-state index in [9.17, 15) is 9.18 Å². The van der Waals surface area contributed by atoms with E-state index in [-0.39, 0.29) is 17.8 Å². The molecule has 4 rings (SSSR count). The van der Waals surface area contributed by atoms with Gasteiger partial charge in [0.05, 0.1) is 17.1 Å². The second-order valence-corrected chi connectivity index (χ2v) is 5.64. The van der Waals surface area contributed by atoms with Crippen LogP contribution in [0, 0.1) is 5.82 Å². The van der Waals surface area contributed by atoms with Crippen molar-refractivity contribution < 1.29 is 9.18 Å². The van der Waals surface area contributed by atoms with Crippen molar-refractivity contribution in [2.45, 2.75) is 13.0 Å². The van der Waals surface area contributed by atoms with Gasteiger partial charge in [-0.25, -0.2) is 4.39 Å². The average molecular weight is 306 g/mol. The highest BCUT2D eigenvalue weighted by atomic mass is 19.1. The molecule has 23 heavy (non-hydrogen) atoms. The van der Waals surface area contributed by atoms with Crippen molar-refractivity contribution in [1.29, 1.82) is 0 Å². The molecule has 2 heterocycles. The minimum absolute atomic E-state index is 0.0702. The molecule has 0 N–H and O–H groups in total. The van der Waals surface area contributed by atoms with Gasteiger partial charge < -0.3 is 4.57 Å².